The van der Waals surface area contributed by atoms with Gasteiger partial charge in [0.05, 0.1) is 5.69 Å². The fourth-order valence-electron chi connectivity index (χ4n) is 7.28. The molecule has 0 aliphatic heterocycles. The predicted molar refractivity (Wildman–Crippen MR) is 218 cm³/mol. The van der Waals surface area contributed by atoms with E-state index >= 15 is 0 Å². The van der Waals surface area contributed by atoms with Gasteiger partial charge in [-0.25, -0.2) is 4.98 Å². The summed E-state index contributed by atoms with van der Waals surface area (Å²) >= 11 is 0. The van der Waals surface area contributed by atoms with E-state index in [1.807, 2.05) is 42.5 Å². The van der Waals surface area contributed by atoms with E-state index in [2.05, 4.69) is 157 Å². The van der Waals surface area contributed by atoms with Crippen LogP contribution in [0.2, 0.25) is 0 Å². The summed E-state index contributed by atoms with van der Waals surface area (Å²) in [5.74, 6) is 0.606. The maximum atomic E-state index is 6.42. The van der Waals surface area contributed by atoms with Crippen molar-refractivity contribution < 1.29 is 8.83 Å². The Morgan fingerprint density at radius 2 is 0.887 bits per heavy atom. The molecule has 0 unspecified atom stereocenters. The summed E-state index contributed by atoms with van der Waals surface area (Å²) in [6.07, 6.45) is 0. The van der Waals surface area contributed by atoms with Crippen LogP contribution in [0.1, 0.15) is 0 Å². The number of rotatable bonds is 7. The first-order valence-corrected chi connectivity index (χ1v) is 17.8. The molecular formula is C49H32N2O2. The second kappa shape index (κ2) is 12.9. The third-order valence-corrected chi connectivity index (χ3v) is 9.92. The number of benzene rings is 8. The molecular weight excluding hydrogens is 649 g/mol. The minimum atomic E-state index is 0.606. The standard InChI is InChI=1S/C49H32N2O2/c1-4-12-33(13-5-1)34-20-25-39(26-21-34)51(45-19-11-10-18-41(45)36-14-6-2-7-15-36)40-27-22-35(23-28-40)38-24-29-42-43-31-48-44(32-47(43)52-46(42)30-38)50-49(53-48)37-16-8-3-9-17-37/h1-32H. The van der Waals surface area contributed by atoms with Crippen molar-refractivity contribution in [3.8, 4) is 44.8 Å². The van der Waals surface area contributed by atoms with E-state index < -0.39 is 0 Å². The Morgan fingerprint density at radius 3 is 1.57 bits per heavy atom. The summed E-state index contributed by atoms with van der Waals surface area (Å²) < 4.78 is 12.6. The smallest absolute Gasteiger partial charge is 0.227 e. The van der Waals surface area contributed by atoms with Crippen molar-refractivity contribution in [2.24, 2.45) is 0 Å². The lowest BCUT2D eigenvalue weighted by Crippen LogP contribution is -2.11. The van der Waals surface area contributed by atoms with E-state index in [-0.39, 0.29) is 0 Å². The van der Waals surface area contributed by atoms with Crippen molar-refractivity contribution in [1.82, 2.24) is 4.98 Å². The quantitative estimate of drug-likeness (QED) is 0.168. The molecule has 0 saturated heterocycles. The lowest BCUT2D eigenvalue weighted by molar-refractivity contribution is 0.620. The number of para-hydroxylation sites is 1. The number of furan rings is 1. The Bertz CT molecular complexity index is 2860. The second-order valence-electron chi connectivity index (χ2n) is 13.2. The van der Waals surface area contributed by atoms with Crippen LogP contribution in [0.3, 0.4) is 0 Å². The highest BCUT2D eigenvalue weighted by atomic mass is 16.4. The van der Waals surface area contributed by atoms with Gasteiger partial charge in [0, 0.05) is 39.3 Å². The Hall–Kier alpha value is -7.17. The summed E-state index contributed by atoms with van der Waals surface area (Å²) in [6, 6.07) is 67.7. The molecule has 250 valence electrons. The van der Waals surface area contributed by atoms with Gasteiger partial charge in [0.15, 0.2) is 5.58 Å². The molecule has 2 aromatic heterocycles. The second-order valence-corrected chi connectivity index (χ2v) is 13.2. The topological polar surface area (TPSA) is 42.4 Å². The molecule has 0 bridgehead atoms. The molecule has 53 heavy (non-hydrogen) atoms. The van der Waals surface area contributed by atoms with Gasteiger partial charge in [-0.1, -0.05) is 127 Å². The molecule has 0 aliphatic rings. The van der Waals surface area contributed by atoms with E-state index in [0.29, 0.717) is 5.89 Å². The molecule has 4 heteroatoms. The highest BCUT2D eigenvalue weighted by molar-refractivity contribution is 6.09. The number of fused-ring (bicyclic) bond motifs is 4. The molecule has 0 fully saturated rings. The van der Waals surface area contributed by atoms with Gasteiger partial charge in [-0.05, 0) is 88.5 Å². The first kappa shape index (κ1) is 30.6. The summed E-state index contributed by atoms with van der Waals surface area (Å²) in [4.78, 5) is 7.09. The fourth-order valence-corrected chi connectivity index (χ4v) is 7.28. The molecule has 0 aliphatic carbocycles. The van der Waals surface area contributed by atoms with Gasteiger partial charge in [0.25, 0.3) is 0 Å². The van der Waals surface area contributed by atoms with Crippen LogP contribution in [0.4, 0.5) is 17.1 Å². The molecule has 0 amide bonds. The van der Waals surface area contributed by atoms with Crippen molar-refractivity contribution in [3.05, 3.63) is 194 Å². The Kier molecular flexibility index (Phi) is 7.43. The average molecular weight is 681 g/mol. The van der Waals surface area contributed by atoms with Crippen LogP contribution in [0, 0.1) is 0 Å². The van der Waals surface area contributed by atoms with Crippen molar-refractivity contribution in [3.63, 3.8) is 0 Å². The zero-order chi connectivity index (χ0) is 35.1. The van der Waals surface area contributed by atoms with E-state index in [4.69, 9.17) is 13.8 Å². The SMILES string of the molecule is c1ccc(-c2ccc(N(c3ccc(-c4ccc5c(c4)oc4cc6nc(-c7ccccc7)oc6cc45)cc3)c3ccccc3-c3ccccc3)cc2)cc1. The summed E-state index contributed by atoms with van der Waals surface area (Å²) in [6.45, 7) is 0. The van der Waals surface area contributed by atoms with Gasteiger partial charge in [0.1, 0.15) is 16.7 Å². The number of aromatic nitrogens is 1. The maximum absolute atomic E-state index is 6.42. The summed E-state index contributed by atoms with van der Waals surface area (Å²) in [5.41, 5.74) is 14.3. The Balaban J connectivity index is 1.02. The van der Waals surface area contributed by atoms with E-state index in [1.54, 1.807) is 0 Å². The third kappa shape index (κ3) is 5.63. The molecule has 2 heterocycles. The molecule has 0 N–H and O–H groups in total. The molecule has 4 nitrogen and oxygen atoms in total. The van der Waals surface area contributed by atoms with Crippen LogP contribution in [0.15, 0.2) is 203 Å². The summed E-state index contributed by atoms with van der Waals surface area (Å²) in [7, 11) is 0. The molecule has 0 radical (unpaired) electrons. The van der Waals surface area contributed by atoms with Crippen molar-refractivity contribution >= 4 is 50.1 Å². The Labute approximate surface area is 306 Å². The first-order chi connectivity index (χ1) is 26.2. The molecule has 0 atom stereocenters. The highest BCUT2D eigenvalue weighted by Crippen LogP contribution is 2.42. The van der Waals surface area contributed by atoms with Crippen LogP contribution in [-0.4, -0.2) is 4.98 Å². The molecule has 8 aromatic carbocycles. The largest absolute Gasteiger partial charge is 0.456 e. The van der Waals surface area contributed by atoms with E-state index in [0.717, 1.165) is 72.4 Å². The van der Waals surface area contributed by atoms with E-state index in [9.17, 15) is 0 Å². The van der Waals surface area contributed by atoms with Gasteiger partial charge < -0.3 is 13.7 Å². The molecule has 10 aromatic rings. The van der Waals surface area contributed by atoms with Crippen molar-refractivity contribution in [1.29, 1.82) is 0 Å². The van der Waals surface area contributed by atoms with Gasteiger partial charge in [-0.15, -0.1) is 0 Å². The zero-order valence-electron chi connectivity index (χ0n) is 28.7. The van der Waals surface area contributed by atoms with Gasteiger partial charge >= 0.3 is 0 Å². The lowest BCUT2D eigenvalue weighted by Gasteiger charge is -2.28. The summed E-state index contributed by atoms with van der Waals surface area (Å²) in [5, 5.41) is 2.05. The highest BCUT2D eigenvalue weighted by Gasteiger charge is 2.18. The predicted octanol–water partition coefficient (Wildman–Crippen LogP) is 13.9. The van der Waals surface area contributed by atoms with E-state index in [1.165, 1.54) is 16.7 Å². The number of hydrogen-bond donors (Lipinski definition) is 0. The average Bonchev–Trinajstić information content (AvgIpc) is 3.82. The lowest BCUT2D eigenvalue weighted by atomic mass is 10.00. The normalized spacial score (nSPS) is 11.4. The number of anilines is 3. The van der Waals surface area contributed by atoms with Crippen LogP contribution in [-0.2, 0) is 0 Å². The van der Waals surface area contributed by atoms with Crippen molar-refractivity contribution in [2.45, 2.75) is 0 Å². The Morgan fingerprint density at radius 1 is 0.358 bits per heavy atom. The number of oxazole rings is 1. The van der Waals surface area contributed by atoms with Crippen molar-refractivity contribution in [2.75, 3.05) is 4.90 Å². The molecule has 0 spiro atoms. The minimum Gasteiger partial charge on any atom is -0.456 e. The van der Waals surface area contributed by atoms with Crippen LogP contribution >= 0.6 is 0 Å². The van der Waals surface area contributed by atoms with Crippen LogP contribution in [0.25, 0.3) is 77.9 Å². The van der Waals surface area contributed by atoms with Gasteiger partial charge in [-0.3, -0.25) is 0 Å². The fraction of sp³-hybridized carbons (Fsp3) is 0. The first-order valence-electron chi connectivity index (χ1n) is 17.8. The molecule has 0 saturated carbocycles. The monoisotopic (exact) mass is 680 g/mol. The third-order valence-electron chi connectivity index (χ3n) is 9.92. The number of hydrogen-bond acceptors (Lipinski definition) is 4. The maximum Gasteiger partial charge on any atom is 0.227 e. The van der Waals surface area contributed by atoms with Crippen LogP contribution < -0.4 is 4.90 Å². The zero-order valence-corrected chi connectivity index (χ0v) is 28.7. The van der Waals surface area contributed by atoms with Crippen LogP contribution in [0.5, 0.6) is 0 Å². The minimum absolute atomic E-state index is 0.606. The molecule has 10 rings (SSSR count). The van der Waals surface area contributed by atoms with Gasteiger partial charge in [-0.2, -0.15) is 0 Å². The number of nitrogens with zero attached hydrogens (tertiary/aromatic N) is 2. The van der Waals surface area contributed by atoms with Gasteiger partial charge in [0.2, 0.25) is 5.89 Å².